The predicted octanol–water partition coefficient (Wildman–Crippen LogP) is 1.92. The number of aryl methyl sites for hydroxylation is 1. The normalized spacial score (nSPS) is 27.0. The van der Waals surface area contributed by atoms with Gasteiger partial charge in [0.25, 0.3) is 0 Å². The highest BCUT2D eigenvalue weighted by atomic mass is 15.3. The number of hydrogen-bond acceptors (Lipinski definition) is 3. The number of anilines is 1. The van der Waals surface area contributed by atoms with Crippen molar-refractivity contribution in [2.75, 3.05) is 18.0 Å². The summed E-state index contributed by atoms with van der Waals surface area (Å²) in [6.07, 6.45) is 10.8. The molecule has 3 rings (SSSR count). The van der Waals surface area contributed by atoms with Gasteiger partial charge in [0.15, 0.2) is 0 Å². The van der Waals surface area contributed by atoms with E-state index in [9.17, 15) is 0 Å². The van der Waals surface area contributed by atoms with Gasteiger partial charge in [-0.25, -0.2) is 0 Å². The maximum atomic E-state index is 4.33. The summed E-state index contributed by atoms with van der Waals surface area (Å²) in [7, 11) is 2.00. The van der Waals surface area contributed by atoms with Crippen LogP contribution in [0.15, 0.2) is 12.4 Å². The quantitative estimate of drug-likeness (QED) is 0.868. The van der Waals surface area contributed by atoms with Crippen molar-refractivity contribution < 1.29 is 0 Å². The molecule has 1 aromatic rings. The van der Waals surface area contributed by atoms with Crippen LogP contribution in [-0.2, 0) is 7.05 Å². The molecule has 1 unspecified atom stereocenters. The van der Waals surface area contributed by atoms with Gasteiger partial charge in [-0.15, -0.1) is 0 Å². The van der Waals surface area contributed by atoms with Crippen molar-refractivity contribution in [2.24, 2.45) is 7.05 Å². The number of aromatic nitrogens is 2. The SMILES string of the molecule is CCC1CNC2(CCCC2)CN1c1cnn(C)c1. The van der Waals surface area contributed by atoms with E-state index < -0.39 is 0 Å². The Morgan fingerprint density at radius 1 is 1.44 bits per heavy atom. The first-order chi connectivity index (χ1) is 8.72. The van der Waals surface area contributed by atoms with Gasteiger partial charge >= 0.3 is 0 Å². The van der Waals surface area contributed by atoms with Crippen LogP contribution in [0.25, 0.3) is 0 Å². The van der Waals surface area contributed by atoms with Gasteiger partial charge in [0.1, 0.15) is 0 Å². The van der Waals surface area contributed by atoms with Gasteiger partial charge in [-0.3, -0.25) is 4.68 Å². The molecule has 1 saturated carbocycles. The lowest BCUT2D eigenvalue weighted by molar-refractivity contribution is 0.267. The number of rotatable bonds is 2. The summed E-state index contributed by atoms with van der Waals surface area (Å²) >= 11 is 0. The van der Waals surface area contributed by atoms with Crippen LogP contribution < -0.4 is 10.2 Å². The number of nitrogens with one attached hydrogen (secondary N) is 1. The summed E-state index contributed by atoms with van der Waals surface area (Å²) in [5.41, 5.74) is 1.67. The summed E-state index contributed by atoms with van der Waals surface area (Å²) < 4.78 is 1.91. The zero-order valence-corrected chi connectivity index (χ0v) is 11.5. The summed E-state index contributed by atoms with van der Waals surface area (Å²) in [6, 6.07) is 0.612. The van der Waals surface area contributed by atoms with Crippen LogP contribution in [0.5, 0.6) is 0 Å². The molecule has 0 radical (unpaired) electrons. The van der Waals surface area contributed by atoms with Gasteiger partial charge in [-0.05, 0) is 19.3 Å². The van der Waals surface area contributed by atoms with Crippen LogP contribution >= 0.6 is 0 Å². The molecule has 1 aliphatic heterocycles. The fraction of sp³-hybridized carbons (Fsp3) is 0.786. The van der Waals surface area contributed by atoms with E-state index in [1.165, 1.54) is 37.8 Å². The summed E-state index contributed by atoms with van der Waals surface area (Å²) in [5.74, 6) is 0. The third-order valence-electron chi connectivity index (χ3n) is 4.68. The van der Waals surface area contributed by atoms with Gasteiger partial charge in [-0.2, -0.15) is 5.10 Å². The summed E-state index contributed by atoms with van der Waals surface area (Å²) in [6.45, 7) is 4.55. The first-order valence-corrected chi connectivity index (χ1v) is 7.23. The third-order valence-corrected chi connectivity index (χ3v) is 4.68. The smallest absolute Gasteiger partial charge is 0.0755 e. The molecule has 2 fully saturated rings. The lowest BCUT2D eigenvalue weighted by atomic mass is 9.91. The highest BCUT2D eigenvalue weighted by Crippen LogP contribution is 2.35. The fourth-order valence-electron chi connectivity index (χ4n) is 3.57. The van der Waals surface area contributed by atoms with E-state index in [0.29, 0.717) is 11.6 Å². The lowest BCUT2D eigenvalue weighted by Gasteiger charge is -2.47. The van der Waals surface area contributed by atoms with Crippen LogP contribution in [0.3, 0.4) is 0 Å². The Hall–Kier alpha value is -1.03. The molecule has 1 saturated heterocycles. The van der Waals surface area contributed by atoms with E-state index >= 15 is 0 Å². The molecule has 18 heavy (non-hydrogen) atoms. The predicted molar refractivity (Wildman–Crippen MR) is 73.8 cm³/mol. The topological polar surface area (TPSA) is 33.1 Å². The molecule has 0 bridgehead atoms. The molecule has 4 nitrogen and oxygen atoms in total. The minimum absolute atomic E-state index is 0.376. The number of nitrogens with zero attached hydrogens (tertiary/aromatic N) is 3. The minimum atomic E-state index is 0.376. The molecule has 1 atom stereocenters. The van der Waals surface area contributed by atoms with Crippen molar-refractivity contribution in [3.63, 3.8) is 0 Å². The average molecular weight is 248 g/mol. The molecule has 1 spiro atoms. The molecular formula is C14H24N4. The first kappa shape index (κ1) is 12.0. The second-order valence-electron chi connectivity index (χ2n) is 5.93. The highest BCUT2D eigenvalue weighted by molar-refractivity contribution is 5.45. The van der Waals surface area contributed by atoms with E-state index in [2.05, 4.69) is 28.4 Å². The van der Waals surface area contributed by atoms with Crippen molar-refractivity contribution in [3.8, 4) is 0 Å². The maximum Gasteiger partial charge on any atom is 0.0755 e. The largest absolute Gasteiger partial charge is 0.363 e. The average Bonchev–Trinajstić information content (AvgIpc) is 2.99. The fourth-order valence-corrected chi connectivity index (χ4v) is 3.57. The summed E-state index contributed by atoms with van der Waals surface area (Å²) in [5, 5.41) is 8.16. The third kappa shape index (κ3) is 2.03. The van der Waals surface area contributed by atoms with Crippen molar-refractivity contribution in [3.05, 3.63) is 12.4 Å². The van der Waals surface area contributed by atoms with E-state index in [4.69, 9.17) is 0 Å². The molecule has 100 valence electrons. The van der Waals surface area contributed by atoms with Crippen LogP contribution in [0.4, 0.5) is 5.69 Å². The minimum Gasteiger partial charge on any atom is -0.363 e. The maximum absolute atomic E-state index is 4.33. The van der Waals surface area contributed by atoms with Crippen LogP contribution in [0, 0.1) is 0 Å². The lowest BCUT2D eigenvalue weighted by Crippen LogP contribution is -2.63. The molecule has 1 aliphatic carbocycles. The van der Waals surface area contributed by atoms with Crippen molar-refractivity contribution >= 4 is 5.69 Å². The van der Waals surface area contributed by atoms with Crippen LogP contribution in [-0.4, -0.2) is 34.5 Å². The zero-order chi connectivity index (χ0) is 12.6. The van der Waals surface area contributed by atoms with E-state index in [1.54, 1.807) is 0 Å². The molecule has 2 aliphatic rings. The van der Waals surface area contributed by atoms with Crippen molar-refractivity contribution in [1.29, 1.82) is 0 Å². The molecule has 1 aromatic heterocycles. The van der Waals surface area contributed by atoms with Gasteiger partial charge in [-0.1, -0.05) is 19.8 Å². The second-order valence-corrected chi connectivity index (χ2v) is 5.93. The Kier molecular flexibility index (Phi) is 3.06. The van der Waals surface area contributed by atoms with E-state index in [1.807, 2.05) is 17.9 Å². The van der Waals surface area contributed by atoms with E-state index in [-0.39, 0.29) is 0 Å². The zero-order valence-electron chi connectivity index (χ0n) is 11.5. The standard InChI is InChI=1S/C14H24N4/c1-3-12-8-15-14(6-4-5-7-14)11-18(12)13-9-16-17(2)10-13/h9-10,12,15H,3-8,11H2,1-2H3. The second kappa shape index (κ2) is 4.57. The van der Waals surface area contributed by atoms with Gasteiger partial charge in [0.2, 0.25) is 0 Å². The molecule has 0 aromatic carbocycles. The monoisotopic (exact) mass is 248 g/mol. The van der Waals surface area contributed by atoms with Crippen LogP contribution in [0.2, 0.25) is 0 Å². The molecule has 2 heterocycles. The van der Waals surface area contributed by atoms with Gasteiger partial charge < -0.3 is 10.2 Å². The molecule has 0 amide bonds. The van der Waals surface area contributed by atoms with Crippen molar-refractivity contribution in [2.45, 2.75) is 50.6 Å². The Balaban J connectivity index is 1.83. The Bertz CT molecular complexity index is 406. The van der Waals surface area contributed by atoms with E-state index in [0.717, 1.165) is 13.1 Å². The Morgan fingerprint density at radius 2 is 2.22 bits per heavy atom. The number of piperazine rings is 1. The molecular weight excluding hydrogens is 224 g/mol. The summed E-state index contributed by atoms with van der Waals surface area (Å²) in [4.78, 5) is 2.58. The highest BCUT2D eigenvalue weighted by Gasteiger charge is 2.40. The Labute approximate surface area is 109 Å². The van der Waals surface area contributed by atoms with Gasteiger partial charge in [0, 0.05) is 37.9 Å². The van der Waals surface area contributed by atoms with Crippen molar-refractivity contribution in [1.82, 2.24) is 15.1 Å². The first-order valence-electron chi connectivity index (χ1n) is 7.23. The Morgan fingerprint density at radius 3 is 2.83 bits per heavy atom. The van der Waals surface area contributed by atoms with Crippen LogP contribution in [0.1, 0.15) is 39.0 Å². The molecule has 4 heteroatoms. The van der Waals surface area contributed by atoms with Gasteiger partial charge in [0.05, 0.1) is 11.9 Å². The molecule has 1 N–H and O–H groups in total. The number of hydrogen-bond donors (Lipinski definition) is 1.